The molecule has 0 saturated carbocycles. The molecule has 9 nitrogen and oxygen atoms in total. The highest BCUT2D eigenvalue weighted by atomic mass is 32.1. The molecule has 0 aliphatic carbocycles. The third-order valence-electron chi connectivity index (χ3n) is 5.73. The SMILES string of the molecule is CC1(C)O[C@H]2[C@H](O1)[C@@H](C=Cc1ccccc1F)O[C@H]2n1cnc2c(Nc3nccs3)ncnc21. The van der Waals surface area contributed by atoms with Crippen LogP contribution in [0.3, 0.4) is 0 Å². The Kier molecular flexibility index (Phi) is 5.14. The standard InChI is InChI=1S/C23H21FN6O3S/c1-23(2)32-17-15(8-7-13-5-3-4-6-14(13)24)31-21(18(17)33-23)30-12-28-16-19(26-11-27-20(16)30)29-22-25-9-10-34-22/h3-12,15,17-18,21H,1-2H3,(H,25,26,27,29)/t15-,17-,18+,21-/m1/s1. The molecule has 174 valence electrons. The number of hydrogen-bond donors (Lipinski definition) is 1. The summed E-state index contributed by atoms with van der Waals surface area (Å²) < 4.78 is 34.7. The average Bonchev–Trinajstić information content (AvgIpc) is 3.58. The molecule has 1 N–H and O–H groups in total. The maximum atomic E-state index is 14.1. The lowest BCUT2D eigenvalue weighted by molar-refractivity contribution is -0.191. The minimum absolute atomic E-state index is 0.300. The van der Waals surface area contributed by atoms with Gasteiger partial charge in [0.05, 0.1) is 6.33 Å². The van der Waals surface area contributed by atoms with E-state index >= 15 is 0 Å². The predicted molar refractivity (Wildman–Crippen MR) is 124 cm³/mol. The summed E-state index contributed by atoms with van der Waals surface area (Å²) in [5.74, 6) is -0.538. The highest BCUT2D eigenvalue weighted by Crippen LogP contribution is 2.44. The summed E-state index contributed by atoms with van der Waals surface area (Å²) in [5.41, 5.74) is 1.65. The molecule has 2 aliphatic heterocycles. The van der Waals surface area contributed by atoms with Crippen molar-refractivity contribution in [2.45, 2.75) is 44.2 Å². The number of hydrogen-bond acceptors (Lipinski definition) is 9. The van der Waals surface area contributed by atoms with E-state index < -0.39 is 24.2 Å². The maximum absolute atomic E-state index is 14.1. The van der Waals surface area contributed by atoms with Crippen molar-refractivity contribution in [3.8, 4) is 0 Å². The third-order valence-corrected chi connectivity index (χ3v) is 6.41. The molecule has 0 bridgehead atoms. The number of fused-ring (bicyclic) bond motifs is 2. The topological polar surface area (TPSA) is 96.2 Å². The average molecular weight is 481 g/mol. The fraction of sp³-hybridized carbons (Fsp3) is 0.304. The second kappa shape index (κ2) is 8.20. The fourth-order valence-electron chi connectivity index (χ4n) is 4.31. The van der Waals surface area contributed by atoms with Crippen molar-refractivity contribution in [2.24, 2.45) is 0 Å². The summed E-state index contributed by atoms with van der Waals surface area (Å²) in [4.78, 5) is 17.5. The molecule has 34 heavy (non-hydrogen) atoms. The van der Waals surface area contributed by atoms with E-state index in [1.165, 1.54) is 23.7 Å². The van der Waals surface area contributed by atoms with Crippen molar-refractivity contribution >= 4 is 39.5 Å². The van der Waals surface area contributed by atoms with Gasteiger partial charge in [0.15, 0.2) is 34.1 Å². The van der Waals surface area contributed by atoms with Gasteiger partial charge >= 0.3 is 0 Å². The number of halogens is 1. The number of thiazole rings is 1. The summed E-state index contributed by atoms with van der Waals surface area (Å²) >= 11 is 1.46. The van der Waals surface area contributed by atoms with Gasteiger partial charge < -0.3 is 19.5 Å². The molecule has 0 amide bonds. The largest absolute Gasteiger partial charge is 0.345 e. The number of nitrogens with zero attached hydrogens (tertiary/aromatic N) is 5. The lowest BCUT2D eigenvalue weighted by atomic mass is 10.1. The van der Waals surface area contributed by atoms with Crippen LogP contribution in [-0.4, -0.2) is 48.6 Å². The van der Waals surface area contributed by atoms with E-state index in [1.807, 2.05) is 29.9 Å². The summed E-state index contributed by atoms with van der Waals surface area (Å²) in [6.07, 6.45) is 6.56. The van der Waals surface area contributed by atoms with Gasteiger partial charge in [0, 0.05) is 17.1 Å². The molecule has 1 aromatic carbocycles. The van der Waals surface area contributed by atoms with Crippen LogP contribution in [0.1, 0.15) is 25.6 Å². The minimum atomic E-state index is -0.787. The Bertz CT molecular complexity index is 1360. The Morgan fingerprint density at radius 1 is 1.12 bits per heavy atom. The Morgan fingerprint density at radius 3 is 2.79 bits per heavy atom. The Hall–Kier alpha value is -3.25. The summed E-state index contributed by atoms with van der Waals surface area (Å²) in [7, 11) is 0. The van der Waals surface area contributed by atoms with Gasteiger partial charge in [-0.05, 0) is 19.9 Å². The number of benzene rings is 1. The number of nitrogens with one attached hydrogen (secondary N) is 1. The normalized spacial score (nSPS) is 25.9. The van der Waals surface area contributed by atoms with E-state index in [2.05, 4.69) is 25.3 Å². The van der Waals surface area contributed by atoms with E-state index in [1.54, 1.807) is 36.8 Å². The first kappa shape index (κ1) is 21.3. The van der Waals surface area contributed by atoms with Gasteiger partial charge in [0.25, 0.3) is 0 Å². The molecular weight excluding hydrogens is 459 g/mol. The first-order valence-electron chi connectivity index (χ1n) is 10.8. The molecule has 2 fully saturated rings. The van der Waals surface area contributed by atoms with Crippen molar-refractivity contribution < 1.29 is 18.6 Å². The maximum Gasteiger partial charge on any atom is 0.188 e. The van der Waals surface area contributed by atoms with Crippen LogP contribution >= 0.6 is 11.3 Å². The zero-order chi connectivity index (χ0) is 23.3. The van der Waals surface area contributed by atoms with Crippen LogP contribution in [-0.2, 0) is 14.2 Å². The highest BCUT2D eigenvalue weighted by Gasteiger charge is 2.55. The summed E-state index contributed by atoms with van der Waals surface area (Å²) in [6, 6.07) is 6.58. The van der Waals surface area contributed by atoms with Crippen LogP contribution in [0.5, 0.6) is 0 Å². The van der Waals surface area contributed by atoms with E-state index in [0.29, 0.717) is 27.7 Å². The Balaban J connectivity index is 1.34. The van der Waals surface area contributed by atoms with Crippen LogP contribution in [0.2, 0.25) is 0 Å². The van der Waals surface area contributed by atoms with Crippen molar-refractivity contribution in [1.29, 1.82) is 0 Å². The quantitative estimate of drug-likeness (QED) is 0.452. The molecule has 0 unspecified atom stereocenters. The first-order chi connectivity index (χ1) is 16.5. The number of imidazole rings is 1. The van der Waals surface area contributed by atoms with Crippen molar-refractivity contribution in [1.82, 2.24) is 24.5 Å². The Labute approximate surface area is 198 Å². The molecule has 6 rings (SSSR count). The molecule has 0 spiro atoms. The summed E-state index contributed by atoms with van der Waals surface area (Å²) in [6.45, 7) is 3.73. The van der Waals surface area contributed by atoms with Gasteiger partial charge in [0.1, 0.15) is 30.5 Å². The second-order valence-electron chi connectivity index (χ2n) is 8.45. The van der Waals surface area contributed by atoms with Gasteiger partial charge in [0.2, 0.25) is 0 Å². The predicted octanol–water partition coefficient (Wildman–Crippen LogP) is 4.30. The van der Waals surface area contributed by atoms with Crippen molar-refractivity contribution in [3.63, 3.8) is 0 Å². The molecule has 5 heterocycles. The monoisotopic (exact) mass is 480 g/mol. The smallest absolute Gasteiger partial charge is 0.188 e. The molecule has 0 radical (unpaired) electrons. The number of ether oxygens (including phenoxy) is 3. The molecule has 2 saturated heterocycles. The molecule has 3 aromatic heterocycles. The van der Waals surface area contributed by atoms with E-state index in [-0.39, 0.29) is 11.9 Å². The van der Waals surface area contributed by atoms with Crippen LogP contribution in [0, 0.1) is 5.82 Å². The molecule has 2 aliphatic rings. The molecule has 4 atom stereocenters. The van der Waals surface area contributed by atoms with Gasteiger partial charge in [-0.3, -0.25) is 4.57 Å². The zero-order valence-electron chi connectivity index (χ0n) is 18.3. The van der Waals surface area contributed by atoms with Crippen molar-refractivity contribution in [2.75, 3.05) is 5.32 Å². The molecule has 4 aromatic rings. The van der Waals surface area contributed by atoms with Gasteiger partial charge in [-0.1, -0.05) is 30.4 Å². The van der Waals surface area contributed by atoms with E-state index in [4.69, 9.17) is 14.2 Å². The number of rotatable bonds is 5. The zero-order valence-corrected chi connectivity index (χ0v) is 19.1. The van der Waals surface area contributed by atoms with Crippen LogP contribution in [0.25, 0.3) is 17.2 Å². The van der Waals surface area contributed by atoms with E-state index in [0.717, 1.165) is 0 Å². The third kappa shape index (κ3) is 3.76. The minimum Gasteiger partial charge on any atom is -0.345 e. The molecule has 11 heteroatoms. The number of anilines is 2. The lowest BCUT2D eigenvalue weighted by Gasteiger charge is -2.24. The molecular formula is C23H21FN6O3S. The highest BCUT2D eigenvalue weighted by molar-refractivity contribution is 7.13. The van der Waals surface area contributed by atoms with Crippen LogP contribution < -0.4 is 5.32 Å². The second-order valence-corrected chi connectivity index (χ2v) is 9.34. The van der Waals surface area contributed by atoms with Crippen LogP contribution in [0.4, 0.5) is 15.3 Å². The van der Waals surface area contributed by atoms with Crippen molar-refractivity contribution in [3.05, 3.63) is 66.0 Å². The van der Waals surface area contributed by atoms with Gasteiger partial charge in [-0.15, -0.1) is 11.3 Å². The summed E-state index contributed by atoms with van der Waals surface area (Å²) in [5, 5.41) is 5.76. The first-order valence-corrected chi connectivity index (χ1v) is 11.6. The Morgan fingerprint density at radius 2 is 1.97 bits per heavy atom. The van der Waals surface area contributed by atoms with Gasteiger partial charge in [-0.2, -0.15) is 0 Å². The van der Waals surface area contributed by atoms with Gasteiger partial charge in [-0.25, -0.2) is 24.3 Å². The van der Waals surface area contributed by atoms with E-state index in [9.17, 15) is 4.39 Å². The lowest BCUT2D eigenvalue weighted by Crippen LogP contribution is -2.28. The van der Waals surface area contributed by atoms with Crippen LogP contribution in [0.15, 0.2) is 54.6 Å². The fourth-order valence-corrected chi connectivity index (χ4v) is 4.84. The number of aromatic nitrogens is 5.